The summed E-state index contributed by atoms with van der Waals surface area (Å²) in [7, 11) is 1.74. The Kier molecular flexibility index (Phi) is 4.69. The van der Waals surface area contributed by atoms with Gasteiger partial charge in [0.05, 0.1) is 0 Å². The highest BCUT2D eigenvalue weighted by atomic mass is 16.2. The summed E-state index contributed by atoms with van der Waals surface area (Å²) in [5.74, 6) is 0.656. The van der Waals surface area contributed by atoms with Crippen LogP contribution in [0.2, 0.25) is 0 Å². The van der Waals surface area contributed by atoms with Crippen molar-refractivity contribution >= 4 is 17.9 Å². The molecule has 0 aromatic heterocycles. The standard InChI is InChI=1S/C14H25N5O2/c1-4-14(2)11(20)19(13(21)18-14)9-5-8-16-12(15-3)17-10-6-7-10/h10H,4-9H2,1-3H3,(H,18,21)(H2,15,16,17). The number of amides is 3. The Labute approximate surface area is 125 Å². The van der Waals surface area contributed by atoms with Gasteiger partial charge in [0.15, 0.2) is 5.96 Å². The predicted molar refractivity (Wildman–Crippen MR) is 81.1 cm³/mol. The second kappa shape index (κ2) is 6.32. The molecule has 0 bridgehead atoms. The molecule has 1 heterocycles. The first-order valence-electron chi connectivity index (χ1n) is 7.61. The topological polar surface area (TPSA) is 85.8 Å². The van der Waals surface area contributed by atoms with Gasteiger partial charge in [-0.1, -0.05) is 6.92 Å². The van der Waals surface area contributed by atoms with Gasteiger partial charge in [0, 0.05) is 26.2 Å². The second-order valence-electron chi connectivity index (χ2n) is 5.84. The van der Waals surface area contributed by atoms with Gasteiger partial charge in [-0.05, 0) is 32.6 Å². The van der Waals surface area contributed by atoms with Crippen molar-refractivity contribution in [1.82, 2.24) is 20.9 Å². The highest BCUT2D eigenvalue weighted by Gasteiger charge is 2.45. The number of guanidine groups is 1. The van der Waals surface area contributed by atoms with E-state index in [2.05, 4.69) is 20.9 Å². The van der Waals surface area contributed by atoms with Crippen LogP contribution in [-0.4, -0.2) is 54.5 Å². The number of aliphatic imine (C=N–C) groups is 1. The number of carbonyl (C=O) groups excluding carboxylic acids is 2. The van der Waals surface area contributed by atoms with Gasteiger partial charge >= 0.3 is 6.03 Å². The molecule has 7 heteroatoms. The number of hydrogen-bond acceptors (Lipinski definition) is 3. The first-order chi connectivity index (χ1) is 10.00. The van der Waals surface area contributed by atoms with Gasteiger partial charge in [0.1, 0.15) is 5.54 Å². The zero-order valence-electron chi connectivity index (χ0n) is 13.0. The van der Waals surface area contributed by atoms with Gasteiger partial charge in [-0.15, -0.1) is 0 Å². The van der Waals surface area contributed by atoms with Crippen LogP contribution in [0.15, 0.2) is 4.99 Å². The second-order valence-corrected chi connectivity index (χ2v) is 5.84. The summed E-state index contributed by atoms with van der Waals surface area (Å²) < 4.78 is 0. The molecule has 2 fully saturated rings. The Morgan fingerprint density at radius 3 is 2.71 bits per heavy atom. The molecule has 0 radical (unpaired) electrons. The summed E-state index contributed by atoms with van der Waals surface area (Å²) in [4.78, 5) is 29.5. The third kappa shape index (κ3) is 3.65. The monoisotopic (exact) mass is 295 g/mol. The summed E-state index contributed by atoms with van der Waals surface area (Å²) in [6, 6.07) is 0.261. The molecule has 1 saturated carbocycles. The SMILES string of the molecule is CCC1(C)NC(=O)N(CCCNC(=NC)NC2CC2)C1=O. The number of rotatable bonds is 6. The molecule has 21 heavy (non-hydrogen) atoms. The lowest BCUT2D eigenvalue weighted by Crippen LogP contribution is -2.43. The average molecular weight is 295 g/mol. The molecular weight excluding hydrogens is 270 g/mol. The molecule has 3 amide bonds. The Morgan fingerprint density at radius 2 is 2.19 bits per heavy atom. The Bertz CT molecular complexity index is 447. The minimum absolute atomic E-state index is 0.129. The van der Waals surface area contributed by atoms with E-state index in [1.54, 1.807) is 14.0 Å². The maximum atomic E-state index is 12.2. The van der Waals surface area contributed by atoms with Crippen LogP contribution in [0.1, 0.15) is 39.5 Å². The predicted octanol–water partition coefficient (Wildman–Crippen LogP) is 0.424. The van der Waals surface area contributed by atoms with Crippen molar-refractivity contribution in [2.45, 2.75) is 51.1 Å². The molecule has 1 unspecified atom stereocenters. The van der Waals surface area contributed by atoms with Gasteiger partial charge in [0.25, 0.3) is 5.91 Å². The number of nitrogens with zero attached hydrogens (tertiary/aromatic N) is 2. The fourth-order valence-corrected chi connectivity index (χ4v) is 2.25. The van der Waals surface area contributed by atoms with Crippen LogP contribution in [0.3, 0.4) is 0 Å². The molecule has 2 aliphatic rings. The van der Waals surface area contributed by atoms with E-state index >= 15 is 0 Å². The quantitative estimate of drug-likeness (QED) is 0.287. The van der Waals surface area contributed by atoms with E-state index in [9.17, 15) is 9.59 Å². The summed E-state index contributed by atoms with van der Waals surface area (Å²) in [5, 5.41) is 9.24. The van der Waals surface area contributed by atoms with E-state index in [4.69, 9.17) is 0 Å². The van der Waals surface area contributed by atoms with Gasteiger partial charge in [-0.3, -0.25) is 14.7 Å². The molecule has 0 spiro atoms. The van der Waals surface area contributed by atoms with Gasteiger partial charge in [0.2, 0.25) is 0 Å². The molecule has 0 aromatic rings. The van der Waals surface area contributed by atoms with E-state index in [-0.39, 0.29) is 11.9 Å². The average Bonchev–Trinajstić information content (AvgIpc) is 3.25. The molecule has 1 aliphatic heterocycles. The molecule has 3 N–H and O–H groups in total. The van der Waals surface area contributed by atoms with Gasteiger partial charge in [-0.25, -0.2) is 4.79 Å². The summed E-state index contributed by atoms with van der Waals surface area (Å²) in [6.45, 7) is 4.77. The van der Waals surface area contributed by atoms with Crippen LogP contribution in [0, 0.1) is 0 Å². The van der Waals surface area contributed by atoms with Crippen LogP contribution in [0.25, 0.3) is 0 Å². The van der Waals surface area contributed by atoms with Crippen LogP contribution in [0.5, 0.6) is 0 Å². The number of nitrogens with one attached hydrogen (secondary N) is 3. The molecular formula is C14H25N5O2. The van der Waals surface area contributed by atoms with Crippen LogP contribution >= 0.6 is 0 Å². The first-order valence-corrected chi connectivity index (χ1v) is 7.61. The molecule has 1 saturated heterocycles. The number of urea groups is 1. The third-order valence-electron chi connectivity index (χ3n) is 4.04. The van der Waals surface area contributed by atoms with Gasteiger partial charge in [-0.2, -0.15) is 0 Å². The molecule has 118 valence electrons. The zero-order valence-corrected chi connectivity index (χ0v) is 13.0. The third-order valence-corrected chi connectivity index (χ3v) is 4.04. The largest absolute Gasteiger partial charge is 0.356 e. The van der Waals surface area contributed by atoms with Crippen molar-refractivity contribution in [2.24, 2.45) is 4.99 Å². The van der Waals surface area contributed by atoms with Crippen molar-refractivity contribution in [3.63, 3.8) is 0 Å². The van der Waals surface area contributed by atoms with Crippen LogP contribution in [0.4, 0.5) is 4.79 Å². The normalized spacial score (nSPS) is 26.0. The Hall–Kier alpha value is -1.79. The lowest BCUT2D eigenvalue weighted by atomic mass is 9.99. The Morgan fingerprint density at radius 1 is 1.48 bits per heavy atom. The fraction of sp³-hybridized carbons (Fsp3) is 0.786. The van der Waals surface area contributed by atoms with E-state index in [0.29, 0.717) is 32.0 Å². The first kappa shape index (κ1) is 15.6. The molecule has 2 rings (SSSR count). The van der Waals surface area contributed by atoms with Crippen molar-refractivity contribution in [2.75, 3.05) is 20.1 Å². The number of imide groups is 1. The Balaban J connectivity index is 1.73. The smallest absolute Gasteiger partial charge is 0.325 e. The van der Waals surface area contributed by atoms with E-state index in [1.165, 1.54) is 17.7 Å². The number of hydrogen-bond donors (Lipinski definition) is 3. The van der Waals surface area contributed by atoms with Crippen molar-refractivity contribution in [3.05, 3.63) is 0 Å². The highest BCUT2D eigenvalue weighted by molar-refractivity contribution is 6.06. The summed E-state index contributed by atoms with van der Waals surface area (Å²) in [5.41, 5.74) is -0.742. The molecule has 1 atom stereocenters. The zero-order chi connectivity index (χ0) is 15.5. The summed E-state index contributed by atoms with van der Waals surface area (Å²) in [6.07, 6.45) is 3.69. The number of carbonyl (C=O) groups is 2. The van der Waals surface area contributed by atoms with Gasteiger partial charge < -0.3 is 16.0 Å². The fourth-order valence-electron chi connectivity index (χ4n) is 2.25. The van der Waals surface area contributed by atoms with E-state index < -0.39 is 5.54 Å². The molecule has 7 nitrogen and oxygen atoms in total. The maximum absolute atomic E-state index is 12.2. The van der Waals surface area contributed by atoms with Crippen molar-refractivity contribution in [3.8, 4) is 0 Å². The minimum atomic E-state index is -0.742. The highest BCUT2D eigenvalue weighted by Crippen LogP contribution is 2.20. The van der Waals surface area contributed by atoms with Crippen LogP contribution < -0.4 is 16.0 Å². The van der Waals surface area contributed by atoms with E-state index in [0.717, 1.165) is 5.96 Å². The maximum Gasteiger partial charge on any atom is 0.325 e. The van der Waals surface area contributed by atoms with E-state index in [1.807, 2.05) is 6.92 Å². The van der Waals surface area contributed by atoms with Crippen LogP contribution in [-0.2, 0) is 4.79 Å². The van der Waals surface area contributed by atoms with Crippen molar-refractivity contribution < 1.29 is 9.59 Å². The lowest BCUT2D eigenvalue weighted by molar-refractivity contribution is -0.130. The summed E-state index contributed by atoms with van der Waals surface area (Å²) >= 11 is 0. The lowest BCUT2D eigenvalue weighted by Gasteiger charge is -2.19. The van der Waals surface area contributed by atoms with Crippen molar-refractivity contribution in [1.29, 1.82) is 0 Å². The minimum Gasteiger partial charge on any atom is -0.356 e. The molecule has 1 aliphatic carbocycles. The molecule has 0 aromatic carbocycles.